The number of aliphatic hydroxyl groups excluding tert-OH is 1. The highest BCUT2D eigenvalue weighted by Gasteiger charge is 2.13. The average Bonchev–Trinajstić information content (AvgIpc) is 2.85. The first-order chi connectivity index (χ1) is 8.13. The summed E-state index contributed by atoms with van der Waals surface area (Å²) in [6, 6.07) is 3.26. The topological polar surface area (TPSA) is 74.5 Å². The monoisotopic (exact) mass is 240 g/mol. The van der Waals surface area contributed by atoms with Gasteiger partial charge in [0.15, 0.2) is 0 Å². The van der Waals surface area contributed by atoms with Crippen LogP contribution >= 0.6 is 0 Å². The lowest BCUT2D eigenvalue weighted by molar-refractivity contribution is -0.123. The first-order valence-corrected chi connectivity index (χ1v) is 5.85. The minimum absolute atomic E-state index is 0.107. The number of carbonyl (C=O) groups is 1. The molecule has 0 fully saturated rings. The van der Waals surface area contributed by atoms with Crippen molar-refractivity contribution in [2.24, 2.45) is 0 Å². The maximum Gasteiger partial charge on any atom is 0.237 e. The third kappa shape index (κ3) is 5.01. The quantitative estimate of drug-likeness (QED) is 0.654. The molecule has 0 saturated carbocycles. The van der Waals surface area contributed by atoms with E-state index in [9.17, 15) is 9.90 Å². The molecular weight excluding hydrogens is 220 g/mol. The van der Waals surface area contributed by atoms with Gasteiger partial charge in [-0.05, 0) is 25.5 Å². The molecule has 1 aromatic rings. The van der Waals surface area contributed by atoms with E-state index in [1.165, 1.54) is 0 Å². The second-order valence-electron chi connectivity index (χ2n) is 3.99. The molecule has 1 aromatic heterocycles. The van der Waals surface area contributed by atoms with Crippen LogP contribution in [0.1, 0.15) is 26.0 Å². The van der Waals surface area contributed by atoms with Gasteiger partial charge in [0.1, 0.15) is 5.76 Å². The predicted octanol–water partition coefficient (Wildman–Crippen LogP) is 0.645. The summed E-state index contributed by atoms with van der Waals surface area (Å²) in [4.78, 5) is 11.6. The third-order valence-electron chi connectivity index (χ3n) is 2.54. The van der Waals surface area contributed by atoms with Crippen molar-refractivity contribution in [1.29, 1.82) is 0 Å². The molecular formula is C12H20N2O3. The van der Waals surface area contributed by atoms with E-state index in [0.29, 0.717) is 19.5 Å². The van der Waals surface area contributed by atoms with Crippen LogP contribution in [0.3, 0.4) is 0 Å². The van der Waals surface area contributed by atoms with E-state index in [0.717, 1.165) is 5.76 Å². The van der Waals surface area contributed by atoms with Crippen LogP contribution in [0.25, 0.3) is 0 Å². The molecule has 1 rings (SSSR count). The van der Waals surface area contributed by atoms with Crippen molar-refractivity contribution in [3.63, 3.8) is 0 Å². The van der Waals surface area contributed by atoms with Gasteiger partial charge in [0, 0.05) is 6.54 Å². The highest BCUT2D eigenvalue weighted by molar-refractivity contribution is 5.81. The highest BCUT2D eigenvalue weighted by atomic mass is 16.3. The van der Waals surface area contributed by atoms with Crippen LogP contribution in [-0.4, -0.2) is 29.7 Å². The first kappa shape index (κ1) is 13.7. The van der Waals surface area contributed by atoms with Crippen molar-refractivity contribution < 1.29 is 14.3 Å². The van der Waals surface area contributed by atoms with Crippen molar-refractivity contribution in [3.05, 3.63) is 24.2 Å². The Hall–Kier alpha value is -1.33. The first-order valence-electron chi connectivity index (χ1n) is 5.85. The molecule has 3 N–H and O–H groups in total. The van der Waals surface area contributed by atoms with Crippen molar-refractivity contribution in [2.75, 3.05) is 6.54 Å². The molecule has 0 saturated heterocycles. The molecule has 5 nitrogen and oxygen atoms in total. The Kier molecular flexibility index (Phi) is 5.72. The standard InChI is InChI=1S/C12H20N2O3/c1-3-10(15)7-13-9(2)12(16)14-8-11-5-4-6-17-11/h4-6,9-10,13,15H,3,7-8H2,1-2H3,(H,14,16). The molecule has 5 heteroatoms. The molecule has 0 aliphatic rings. The second-order valence-corrected chi connectivity index (χ2v) is 3.99. The van der Waals surface area contributed by atoms with E-state index in [1.807, 2.05) is 6.92 Å². The zero-order chi connectivity index (χ0) is 12.7. The molecule has 1 heterocycles. The molecule has 17 heavy (non-hydrogen) atoms. The van der Waals surface area contributed by atoms with E-state index in [-0.39, 0.29) is 11.9 Å². The number of furan rings is 1. The van der Waals surface area contributed by atoms with Gasteiger partial charge < -0.3 is 20.2 Å². The number of amides is 1. The lowest BCUT2D eigenvalue weighted by Gasteiger charge is -2.15. The summed E-state index contributed by atoms with van der Waals surface area (Å²) in [6.45, 7) is 4.47. The van der Waals surface area contributed by atoms with Crippen LogP contribution in [0.15, 0.2) is 22.8 Å². The zero-order valence-corrected chi connectivity index (χ0v) is 10.3. The van der Waals surface area contributed by atoms with E-state index < -0.39 is 6.10 Å². The van der Waals surface area contributed by atoms with Crippen LogP contribution in [0, 0.1) is 0 Å². The van der Waals surface area contributed by atoms with Gasteiger partial charge in [-0.2, -0.15) is 0 Å². The van der Waals surface area contributed by atoms with Crippen molar-refractivity contribution >= 4 is 5.91 Å². The van der Waals surface area contributed by atoms with Crippen LogP contribution in [0.4, 0.5) is 0 Å². The molecule has 1 amide bonds. The van der Waals surface area contributed by atoms with Crippen LogP contribution in [0.5, 0.6) is 0 Å². The third-order valence-corrected chi connectivity index (χ3v) is 2.54. The highest BCUT2D eigenvalue weighted by Crippen LogP contribution is 1.98. The average molecular weight is 240 g/mol. The normalized spacial score (nSPS) is 14.3. The SMILES string of the molecule is CCC(O)CNC(C)C(=O)NCc1ccco1. The Labute approximate surface area is 101 Å². The minimum Gasteiger partial charge on any atom is -0.467 e. The smallest absolute Gasteiger partial charge is 0.237 e. The maximum absolute atomic E-state index is 11.6. The number of carbonyl (C=O) groups excluding carboxylic acids is 1. The van der Waals surface area contributed by atoms with Crippen molar-refractivity contribution in [3.8, 4) is 0 Å². The molecule has 0 aromatic carbocycles. The molecule has 0 spiro atoms. The van der Waals surface area contributed by atoms with E-state index >= 15 is 0 Å². The Morgan fingerprint density at radius 1 is 1.59 bits per heavy atom. The fourth-order valence-corrected chi connectivity index (χ4v) is 1.29. The summed E-state index contributed by atoms with van der Waals surface area (Å²) in [5.41, 5.74) is 0. The molecule has 2 unspecified atom stereocenters. The largest absolute Gasteiger partial charge is 0.467 e. The summed E-state index contributed by atoms with van der Waals surface area (Å²) in [5.74, 6) is 0.615. The van der Waals surface area contributed by atoms with Gasteiger partial charge in [0.25, 0.3) is 0 Å². The predicted molar refractivity (Wildman–Crippen MR) is 64.3 cm³/mol. The van der Waals surface area contributed by atoms with Gasteiger partial charge in [0.2, 0.25) is 5.91 Å². The fourth-order valence-electron chi connectivity index (χ4n) is 1.29. The lowest BCUT2D eigenvalue weighted by Crippen LogP contribution is -2.44. The van der Waals surface area contributed by atoms with Gasteiger partial charge >= 0.3 is 0 Å². The Balaban J connectivity index is 2.22. The Morgan fingerprint density at radius 3 is 2.94 bits per heavy atom. The van der Waals surface area contributed by atoms with Crippen LogP contribution in [-0.2, 0) is 11.3 Å². The number of hydrogen-bond acceptors (Lipinski definition) is 4. The minimum atomic E-state index is -0.407. The molecule has 0 radical (unpaired) electrons. The van der Waals surface area contributed by atoms with Gasteiger partial charge in [-0.25, -0.2) is 0 Å². The number of aliphatic hydroxyl groups is 1. The molecule has 2 atom stereocenters. The Morgan fingerprint density at radius 2 is 2.35 bits per heavy atom. The fraction of sp³-hybridized carbons (Fsp3) is 0.583. The lowest BCUT2D eigenvalue weighted by atomic mass is 10.2. The van der Waals surface area contributed by atoms with Gasteiger partial charge in [-0.1, -0.05) is 6.92 Å². The van der Waals surface area contributed by atoms with Gasteiger partial charge in [0.05, 0.1) is 25.0 Å². The maximum atomic E-state index is 11.6. The van der Waals surface area contributed by atoms with Crippen LogP contribution in [0.2, 0.25) is 0 Å². The second kappa shape index (κ2) is 7.09. The van der Waals surface area contributed by atoms with Crippen LogP contribution < -0.4 is 10.6 Å². The molecule has 96 valence electrons. The molecule has 0 bridgehead atoms. The zero-order valence-electron chi connectivity index (χ0n) is 10.3. The van der Waals surface area contributed by atoms with Crippen molar-refractivity contribution in [1.82, 2.24) is 10.6 Å². The number of nitrogens with one attached hydrogen (secondary N) is 2. The summed E-state index contributed by atoms with van der Waals surface area (Å²) in [7, 11) is 0. The molecule has 0 aliphatic heterocycles. The summed E-state index contributed by atoms with van der Waals surface area (Å²) < 4.78 is 5.10. The summed E-state index contributed by atoms with van der Waals surface area (Å²) in [6.07, 6.45) is 1.84. The van der Waals surface area contributed by atoms with E-state index in [4.69, 9.17) is 4.42 Å². The van der Waals surface area contributed by atoms with Crippen molar-refractivity contribution in [2.45, 2.75) is 39.0 Å². The molecule has 0 aliphatic carbocycles. The van der Waals surface area contributed by atoms with Gasteiger partial charge in [-0.15, -0.1) is 0 Å². The Bertz CT molecular complexity index is 325. The number of rotatable bonds is 7. The number of hydrogen-bond donors (Lipinski definition) is 3. The summed E-state index contributed by atoms with van der Waals surface area (Å²) >= 11 is 0. The summed E-state index contributed by atoms with van der Waals surface area (Å²) in [5, 5.41) is 15.1. The van der Waals surface area contributed by atoms with Gasteiger partial charge in [-0.3, -0.25) is 4.79 Å². The van der Waals surface area contributed by atoms with E-state index in [2.05, 4.69) is 10.6 Å². The van der Waals surface area contributed by atoms with E-state index in [1.54, 1.807) is 25.3 Å².